The molecule has 0 bridgehead atoms. The first-order valence-corrected chi connectivity index (χ1v) is 10.9. The summed E-state index contributed by atoms with van der Waals surface area (Å²) in [5.41, 5.74) is 0.314. The number of methoxy groups -OCH3 is 2. The molecule has 32 heavy (non-hydrogen) atoms. The van der Waals surface area contributed by atoms with E-state index in [2.05, 4.69) is 10.0 Å². The molecule has 1 heterocycles. The minimum absolute atomic E-state index is 0.0198. The smallest absolute Gasteiger partial charge is 0.342 e. The van der Waals surface area contributed by atoms with Crippen molar-refractivity contribution >= 4 is 33.3 Å². The molecule has 0 unspecified atom stereocenters. The van der Waals surface area contributed by atoms with Crippen LogP contribution in [0.5, 0.6) is 5.75 Å². The van der Waals surface area contributed by atoms with Crippen molar-refractivity contribution in [2.75, 3.05) is 24.3 Å². The van der Waals surface area contributed by atoms with E-state index in [1.807, 2.05) is 0 Å². The minimum atomic E-state index is -4.30. The third-order valence-corrected chi connectivity index (χ3v) is 6.15. The van der Waals surface area contributed by atoms with E-state index in [1.165, 1.54) is 33.1 Å². The third-order valence-electron chi connectivity index (χ3n) is 4.63. The van der Waals surface area contributed by atoms with E-state index < -0.39 is 21.9 Å². The molecule has 0 saturated heterocycles. The highest BCUT2D eigenvalue weighted by molar-refractivity contribution is 7.92. The Hall–Kier alpha value is -3.79. The topological polar surface area (TPSA) is 124 Å². The fraction of sp³-hybridized carbons (Fsp3) is 0.182. The Kier molecular flexibility index (Phi) is 6.54. The van der Waals surface area contributed by atoms with Crippen LogP contribution in [-0.2, 0) is 14.8 Å². The van der Waals surface area contributed by atoms with Gasteiger partial charge in [-0.2, -0.15) is 0 Å². The number of hydrogen-bond acceptors (Lipinski definition) is 7. The number of esters is 1. The number of benzene rings is 2. The standard InChI is InChI=1S/C22H22N2O7S/c1-13-19(22(26)30-4)20(14(2)31-13)32(27,28)24-16-10-6-5-9-15(16)21(25)23-17-11-7-8-12-18(17)29-3/h5-12,24H,1-4H3,(H,23,25). The Morgan fingerprint density at radius 3 is 2.19 bits per heavy atom. The number of amides is 1. The van der Waals surface area contributed by atoms with E-state index in [-0.39, 0.29) is 33.2 Å². The number of ether oxygens (including phenoxy) is 2. The van der Waals surface area contributed by atoms with Gasteiger partial charge >= 0.3 is 5.97 Å². The number of hydrogen-bond donors (Lipinski definition) is 2. The summed E-state index contributed by atoms with van der Waals surface area (Å²) in [4.78, 5) is 24.7. The number of rotatable bonds is 7. The number of anilines is 2. The Morgan fingerprint density at radius 1 is 0.906 bits per heavy atom. The first kappa shape index (κ1) is 22.9. The van der Waals surface area contributed by atoms with Crippen LogP contribution in [-0.4, -0.2) is 34.5 Å². The molecule has 1 amide bonds. The SMILES string of the molecule is COC(=O)c1c(C)oc(C)c1S(=O)(=O)Nc1ccccc1C(=O)Nc1ccccc1OC. The maximum Gasteiger partial charge on any atom is 0.342 e. The molecule has 0 aliphatic heterocycles. The molecule has 0 aliphatic carbocycles. The molecule has 0 atom stereocenters. The first-order valence-electron chi connectivity index (χ1n) is 9.44. The summed E-state index contributed by atoms with van der Waals surface area (Å²) in [6.45, 7) is 2.89. The predicted molar refractivity (Wildman–Crippen MR) is 118 cm³/mol. The van der Waals surface area contributed by atoms with Gasteiger partial charge in [-0.25, -0.2) is 13.2 Å². The highest BCUT2D eigenvalue weighted by atomic mass is 32.2. The molecule has 1 aromatic heterocycles. The number of para-hydroxylation sites is 3. The molecule has 9 nitrogen and oxygen atoms in total. The van der Waals surface area contributed by atoms with Crippen LogP contribution in [0.3, 0.4) is 0 Å². The average molecular weight is 458 g/mol. The summed E-state index contributed by atoms with van der Waals surface area (Å²) >= 11 is 0. The van der Waals surface area contributed by atoms with Gasteiger partial charge in [0.25, 0.3) is 15.9 Å². The summed E-state index contributed by atoms with van der Waals surface area (Å²) in [6.07, 6.45) is 0. The molecule has 2 N–H and O–H groups in total. The largest absolute Gasteiger partial charge is 0.495 e. The number of sulfonamides is 1. The fourth-order valence-electron chi connectivity index (χ4n) is 3.23. The summed E-state index contributed by atoms with van der Waals surface area (Å²) in [7, 11) is -1.68. The lowest BCUT2D eigenvalue weighted by molar-refractivity contribution is 0.0594. The number of carbonyl (C=O) groups excluding carboxylic acids is 2. The Balaban J connectivity index is 1.98. The molecule has 0 spiro atoms. The number of furan rings is 1. The van der Waals surface area contributed by atoms with Gasteiger partial charge in [0.2, 0.25) is 0 Å². The van der Waals surface area contributed by atoms with Crippen molar-refractivity contribution in [1.82, 2.24) is 0 Å². The lowest BCUT2D eigenvalue weighted by Crippen LogP contribution is -2.21. The van der Waals surface area contributed by atoms with Crippen LogP contribution in [0.25, 0.3) is 0 Å². The zero-order valence-electron chi connectivity index (χ0n) is 17.9. The molecule has 0 saturated carbocycles. The monoisotopic (exact) mass is 458 g/mol. The van der Waals surface area contributed by atoms with Crippen LogP contribution in [0.2, 0.25) is 0 Å². The number of aryl methyl sites for hydroxylation is 2. The third kappa shape index (κ3) is 4.45. The van der Waals surface area contributed by atoms with Gasteiger partial charge in [0, 0.05) is 0 Å². The number of carbonyl (C=O) groups is 2. The minimum Gasteiger partial charge on any atom is -0.495 e. The van der Waals surface area contributed by atoms with Gasteiger partial charge in [-0.1, -0.05) is 24.3 Å². The van der Waals surface area contributed by atoms with E-state index in [1.54, 1.807) is 36.4 Å². The average Bonchev–Trinajstić information content (AvgIpc) is 3.08. The first-order chi connectivity index (χ1) is 15.2. The number of nitrogens with one attached hydrogen (secondary N) is 2. The summed E-state index contributed by atoms with van der Waals surface area (Å²) < 4.78 is 44.0. The van der Waals surface area contributed by atoms with E-state index in [0.29, 0.717) is 11.4 Å². The lowest BCUT2D eigenvalue weighted by atomic mass is 10.1. The predicted octanol–water partition coefficient (Wildman–Crippen LogP) is 3.74. The molecule has 3 rings (SSSR count). The Labute approximate surface area is 185 Å². The fourth-order valence-corrected chi connectivity index (χ4v) is 4.71. The zero-order valence-corrected chi connectivity index (χ0v) is 18.7. The Bertz CT molecular complexity index is 1280. The molecule has 168 valence electrons. The van der Waals surface area contributed by atoms with Crippen LogP contribution in [0.4, 0.5) is 11.4 Å². The van der Waals surface area contributed by atoms with Crippen LogP contribution < -0.4 is 14.8 Å². The van der Waals surface area contributed by atoms with Crippen LogP contribution in [0.1, 0.15) is 32.2 Å². The molecule has 0 aliphatic rings. The summed E-state index contributed by atoms with van der Waals surface area (Å²) in [5.74, 6) is -0.822. The second-order valence-corrected chi connectivity index (χ2v) is 8.33. The van der Waals surface area contributed by atoms with Crippen molar-refractivity contribution in [1.29, 1.82) is 0 Å². The molecule has 0 fully saturated rings. The van der Waals surface area contributed by atoms with Gasteiger partial charge in [0.15, 0.2) is 0 Å². The molecule has 3 aromatic rings. The van der Waals surface area contributed by atoms with Crippen LogP contribution in [0.15, 0.2) is 57.8 Å². The van der Waals surface area contributed by atoms with Gasteiger partial charge in [0.1, 0.15) is 27.7 Å². The van der Waals surface area contributed by atoms with Crippen molar-refractivity contribution < 1.29 is 31.9 Å². The van der Waals surface area contributed by atoms with Crippen molar-refractivity contribution in [2.24, 2.45) is 0 Å². The molecule has 10 heteroatoms. The Morgan fingerprint density at radius 2 is 1.53 bits per heavy atom. The zero-order chi connectivity index (χ0) is 23.5. The van der Waals surface area contributed by atoms with Gasteiger partial charge < -0.3 is 19.2 Å². The molecule has 2 aromatic carbocycles. The van der Waals surface area contributed by atoms with E-state index in [4.69, 9.17) is 13.9 Å². The van der Waals surface area contributed by atoms with Crippen LogP contribution in [0, 0.1) is 13.8 Å². The second-order valence-electron chi connectivity index (χ2n) is 6.72. The van der Waals surface area contributed by atoms with Gasteiger partial charge in [-0.15, -0.1) is 0 Å². The highest BCUT2D eigenvalue weighted by Gasteiger charge is 2.32. The van der Waals surface area contributed by atoms with Gasteiger partial charge in [-0.3, -0.25) is 9.52 Å². The van der Waals surface area contributed by atoms with Gasteiger partial charge in [-0.05, 0) is 38.1 Å². The van der Waals surface area contributed by atoms with Crippen molar-refractivity contribution in [3.8, 4) is 5.75 Å². The normalized spacial score (nSPS) is 11.0. The van der Waals surface area contributed by atoms with E-state index in [0.717, 1.165) is 7.11 Å². The maximum absolute atomic E-state index is 13.2. The van der Waals surface area contributed by atoms with E-state index in [9.17, 15) is 18.0 Å². The van der Waals surface area contributed by atoms with Crippen molar-refractivity contribution in [3.05, 3.63) is 71.2 Å². The summed E-state index contributed by atoms with van der Waals surface area (Å²) in [5, 5.41) is 2.71. The molecular formula is C22H22N2O7S. The quantitative estimate of drug-likeness (QED) is 0.517. The molecular weight excluding hydrogens is 436 g/mol. The van der Waals surface area contributed by atoms with Crippen molar-refractivity contribution in [2.45, 2.75) is 18.7 Å². The summed E-state index contributed by atoms with van der Waals surface area (Å²) in [6, 6.07) is 12.9. The second kappa shape index (κ2) is 9.15. The van der Waals surface area contributed by atoms with E-state index >= 15 is 0 Å². The molecule has 0 radical (unpaired) electrons. The van der Waals surface area contributed by atoms with Gasteiger partial charge in [0.05, 0.1) is 31.2 Å². The lowest BCUT2D eigenvalue weighted by Gasteiger charge is -2.14. The maximum atomic E-state index is 13.2. The van der Waals surface area contributed by atoms with Crippen molar-refractivity contribution in [3.63, 3.8) is 0 Å². The van der Waals surface area contributed by atoms with Crippen LogP contribution >= 0.6 is 0 Å². The highest BCUT2D eigenvalue weighted by Crippen LogP contribution is 2.30.